The minimum atomic E-state index is -0.706. The lowest BCUT2D eigenvalue weighted by molar-refractivity contribution is -0.162. The molecule has 26 heavy (non-hydrogen) atoms. The molecular weight excluding hydrogens is 376 g/mol. The van der Waals surface area contributed by atoms with Gasteiger partial charge in [0.05, 0.1) is 18.1 Å². The minimum absolute atomic E-state index is 0. The minimum Gasteiger partial charge on any atom is -0.457 e. The number of aliphatic hydroxyl groups excluding tert-OH is 1. The van der Waals surface area contributed by atoms with E-state index in [-0.39, 0.29) is 31.0 Å². The third-order valence-electron chi connectivity index (χ3n) is 4.40. The smallest absolute Gasteiger partial charge is 0.356 e. The molecule has 2 heterocycles. The molecule has 6 nitrogen and oxygen atoms in total. The Labute approximate surface area is 166 Å². The summed E-state index contributed by atoms with van der Waals surface area (Å²) in [7, 11) is 4.00. The van der Waals surface area contributed by atoms with Gasteiger partial charge in [0, 0.05) is 23.6 Å². The number of ether oxygens (including phenoxy) is 1. The summed E-state index contributed by atoms with van der Waals surface area (Å²) in [4.78, 5) is 29.5. The van der Waals surface area contributed by atoms with Crippen LogP contribution in [0.3, 0.4) is 0 Å². The predicted octanol–water partition coefficient (Wildman–Crippen LogP) is 2.04. The first-order valence-corrected chi connectivity index (χ1v) is 9.55. The van der Waals surface area contributed by atoms with E-state index in [9.17, 15) is 14.7 Å². The van der Waals surface area contributed by atoms with Crippen molar-refractivity contribution in [1.82, 2.24) is 9.80 Å². The van der Waals surface area contributed by atoms with Gasteiger partial charge in [-0.2, -0.15) is 0 Å². The van der Waals surface area contributed by atoms with Gasteiger partial charge in [0.15, 0.2) is 0 Å². The van der Waals surface area contributed by atoms with E-state index in [0.717, 1.165) is 22.8 Å². The molecule has 148 valence electrons. The lowest BCUT2D eigenvalue weighted by Crippen LogP contribution is -2.61. The zero-order valence-electron chi connectivity index (χ0n) is 16.0. The molecule has 0 aliphatic carbocycles. The van der Waals surface area contributed by atoms with E-state index in [0.29, 0.717) is 12.1 Å². The number of fused-ring (bicyclic) bond motifs is 1. The number of allylic oxidation sites excluding steroid dienone is 1. The largest absolute Gasteiger partial charge is 0.457 e. The number of halogens is 1. The lowest BCUT2D eigenvalue weighted by atomic mass is 9.83. The number of aliphatic hydroxyl groups is 1. The maximum absolute atomic E-state index is 12.6. The zero-order valence-corrected chi connectivity index (χ0v) is 17.7. The lowest BCUT2D eigenvalue weighted by Gasteiger charge is -2.44. The van der Waals surface area contributed by atoms with Gasteiger partial charge >= 0.3 is 5.97 Å². The average molecular weight is 405 g/mol. The van der Waals surface area contributed by atoms with Gasteiger partial charge in [-0.25, -0.2) is 4.79 Å². The third kappa shape index (κ3) is 5.03. The third-order valence-corrected chi connectivity index (χ3v) is 5.50. The zero-order chi connectivity index (χ0) is 18.7. The van der Waals surface area contributed by atoms with Crippen LogP contribution in [0.5, 0.6) is 0 Å². The molecule has 1 N–H and O–H groups in total. The monoisotopic (exact) mass is 404 g/mol. The fourth-order valence-corrected chi connectivity index (χ4v) is 4.36. The summed E-state index contributed by atoms with van der Waals surface area (Å²) >= 11 is 1.60. The predicted molar refractivity (Wildman–Crippen MR) is 106 cm³/mol. The van der Waals surface area contributed by atoms with Gasteiger partial charge in [0.2, 0.25) is 5.91 Å². The normalized spacial score (nSPS) is 22.6. The number of carbonyl (C=O) groups is 2. The molecule has 0 aromatic carbocycles. The van der Waals surface area contributed by atoms with E-state index >= 15 is 0 Å². The van der Waals surface area contributed by atoms with Crippen molar-refractivity contribution in [1.29, 1.82) is 0 Å². The number of β-lactam (4-membered cyclic amide) rings is 1. The van der Waals surface area contributed by atoms with Crippen LogP contribution in [0.1, 0.15) is 27.2 Å². The number of carbonyl (C=O) groups excluding carboxylic acids is 2. The van der Waals surface area contributed by atoms with Crippen molar-refractivity contribution in [2.45, 2.75) is 39.3 Å². The van der Waals surface area contributed by atoms with E-state index in [1.54, 1.807) is 18.7 Å². The SMILES string of the molecule is CC(C)=CCOC(=O)C1=C(SCCN(C)C)C[C@@H]2[C@@H]([C@@H](C)O)C(=O)N12.Cl. The van der Waals surface area contributed by atoms with Crippen LogP contribution in [0.25, 0.3) is 0 Å². The highest BCUT2D eigenvalue weighted by Crippen LogP contribution is 2.47. The topological polar surface area (TPSA) is 70.1 Å². The van der Waals surface area contributed by atoms with Crippen LogP contribution < -0.4 is 0 Å². The Bertz CT molecular complexity index is 600. The molecule has 0 spiro atoms. The molecule has 0 aromatic heterocycles. The molecule has 0 aromatic rings. The molecule has 0 radical (unpaired) electrons. The molecule has 1 fully saturated rings. The van der Waals surface area contributed by atoms with Crippen LogP contribution in [0.15, 0.2) is 22.3 Å². The van der Waals surface area contributed by atoms with Gasteiger partial charge in [-0.15, -0.1) is 24.2 Å². The van der Waals surface area contributed by atoms with Gasteiger partial charge in [0.25, 0.3) is 0 Å². The fourth-order valence-electron chi connectivity index (χ4n) is 3.05. The van der Waals surface area contributed by atoms with Crippen molar-refractivity contribution in [3.63, 3.8) is 0 Å². The first-order chi connectivity index (χ1) is 11.7. The number of hydrogen-bond acceptors (Lipinski definition) is 6. The molecule has 0 unspecified atom stereocenters. The van der Waals surface area contributed by atoms with Crippen LogP contribution in [0.4, 0.5) is 0 Å². The second-order valence-electron chi connectivity index (χ2n) is 7.05. The number of nitrogens with zero attached hydrogens (tertiary/aromatic N) is 2. The fraction of sp³-hybridized carbons (Fsp3) is 0.667. The molecule has 3 atom stereocenters. The van der Waals surface area contributed by atoms with Crippen molar-refractivity contribution < 1.29 is 19.4 Å². The molecular formula is C18H29ClN2O4S. The summed E-state index contributed by atoms with van der Waals surface area (Å²) < 4.78 is 5.34. The molecule has 2 rings (SSSR count). The maximum Gasteiger partial charge on any atom is 0.356 e. The molecule has 2 aliphatic rings. The Hall–Kier alpha value is -1.02. The Morgan fingerprint density at radius 3 is 2.65 bits per heavy atom. The van der Waals surface area contributed by atoms with E-state index in [4.69, 9.17) is 4.74 Å². The highest BCUT2D eigenvalue weighted by Gasteiger charge is 2.56. The maximum atomic E-state index is 12.6. The molecule has 2 aliphatic heterocycles. The second-order valence-corrected chi connectivity index (χ2v) is 8.24. The number of esters is 1. The highest BCUT2D eigenvalue weighted by molar-refractivity contribution is 8.03. The number of thioether (sulfide) groups is 1. The second kappa shape index (κ2) is 9.78. The summed E-state index contributed by atoms with van der Waals surface area (Å²) in [5.41, 5.74) is 1.44. The van der Waals surface area contributed by atoms with Crippen LogP contribution in [0, 0.1) is 5.92 Å². The average Bonchev–Trinajstić information content (AvgIpc) is 2.80. The summed E-state index contributed by atoms with van der Waals surface area (Å²) in [6, 6.07) is -0.125. The Morgan fingerprint density at radius 1 is 1.46 bits per heavy atom. The Kier molecular flexibility index (Phi) is 8.66. The van der Waals surface area contributed by atoms with E-state index in [1.807, 2.05) is 34.0 Å². The number of amides is 1. The summed E-state index contributed by atoms with van der Waals surface area (Å²) in [5.74, 6) is -0.226. The first-order valence-electron chi connectivity index (χ1n) is 8.56. The quantitative estimate of drug-likeness (QED) is 0.379. The summed E-state index contributed by atoms with van der Waals surface area (Å²) in [6.45, 7) is 6.59. The standard InChI is InChI=1S/C18H28N2O4S.ClH/c1-11(2)6-8-24-18(23)16-14(25-9-7-19(4)5)10-13-15(12(3)21)17(22)20(13)16;/h6,12-13,15,21H,7-10H2,1-5H3;1H/t12-,13-,15-;/m1./s1. The Morgan fingerprint density at radius 2 is 2.12 bits per heavy atom. The summed E-state index contributed by atoms with van der Waals surface area (Å²) in [6.07, 6.45) is 1.75. The van der Waals surface area contributed by atoms with Gasteiger partial charge in [-0.3, -0.25) is 4.79 Å². The molecule has 0 bridgehead atoms. The molecule has 1 saturated heterocycles. The van der Waals surface area contributed by atoms with Crippen molar-refractivity contribution in [3.8, 4) is 0 Å². The molecule has 1 amide bonds. The van der Waals surface area contributed by atoms with Crippen molar-refractivity contribution in [3.05, 3.63) is 22.3 Å². The van der Waals surface area contributed by atoms with Gasteiger partial charge in [0.1, 0.15) is 12.3 Å². The Balaban J connectivity index is 0.00000338. The van der Waals surface area contributed by atoms with Crippen LogP contribution in [0.2, 0.25) is 0 Å². The van der Waals surface area contributed by atoms with E-state index < -0.39 is 18.0 Å². The highest BCUT2D eigenvalue weighted by atomic mass is 35.5. The van der Waals surface area contributed by atoms with Gasteiger partial charge < -0.3 is 19.6 Å². The van der Waals surface area contributed by atoms with E-state index in [2.05, 4.69) is 4.90 Å². The van der Waals surface area contributed by atoms with Crippen LogP contribution in [-0.2, 0) is 14.3 Å². The molecule has 0 saturated carbocycles. The van der Waals surface area contributed by atoms with E-state index in [1.165, 1.54) is 4.90 Å². The van der Waals surface area contributed by atoms with Crippen molar-refractivity contribution in [2.75, 3.05) is 33.0 Å². The van der Waals surface area contributed by atoms with Crippen molar-refractivity contribution in [2.24, 2.45) is 5.92 Å². The number of rotatable bonds is 8. The van der Waals surface area contributed by atoms with Crippen LogP contribution >= 0.6 is 24.2 Å². The van der Waals surface area contributed by atoms with Gasteiger partial charge in [-0.1, -0.05) is 5.57 Å². The first kappa shape index (κ1) is 23.0. The van der Waals surface area contributed by atoms with Crippen molar-refractivity contribution >= 4 is 36.0 Å². The summed E-state index contributed by atoms with van der Waals surface area (Å²) in [5, 5.41) is 9.85. The number of hydrogen-bond donors (Lipinski definition) is 1. The molecule has 8 heteroatoms. The van der Waals surface area contributed by atoms with Crippen LogP contribution in [-0.4, -0.2) is 71.9 Å². The van der Waals surface area contributed by atoms with Gasteiger partial charge in [-0.05, 0) is 40.9 Å².